The van der Waals surface area contributed by atoms with Crippen LogP contribution in [0.4, 0.5) is 0 Å². The minimum Gasteiger partial charge on any atom is -0.380 e. The van der Waals surface area contributed by atoms with Gasteiger partial charge in [-0.2, -0.15) is 0 Å². The van der Waals surface area contributed by atoms with Gasteiger partial charge >= 0.3 is 0 Å². The van der Waals surface area contributed by atoms with Gasteiger partial charge in [-0.3, -0.25) is 9.59 Å². The summed E-state index contributed by atoms with van der Waals surface area (Å²) in [5.74, 6) is 0.583. The number of ether oxygens (including phenoxy) is 1. The quantitative estimate of drug-likeness (QED) is 0.592. The van der Waals surface area contributed by atoms with Crippen LogP contribution in [-0.4, -0.2) is 37.6 Å². The molecule has 2 amide bonds. The first kappa shape index (κ1) is 17.9. The van der Waals surface area contributed by atoms with Gasteiger partial charge in [-0.1, -0.05) is 13.8 Å². The van der Waals surface area contributed by atoms with E-state index >= 15 is 0 Å². The zero-order valence-corrected chi connectivity index (χ0v) is 12.6. The molecule has 0 aromatic heterocycles. The third-order valence-electron chi connectivity index (χ3n) is 2.44. The molecule has 0 radical (unpaired) electrons. The summed E-state index contributed by atoms with van der Waals surface area (Å²) in [6.45, 7) is 9.52. The molecule has 19 heavy (non-hydrogen) atoms. The van der Waals surface area contributed by atoms with Crippen molar-refractivity contribution >= 4 is 11.8 Å². The molecule has 0 unspecified atom stereocenters. The number of hydrogen-bond acceptors (Lipinski definition) is 3. The lowest BCUT2D eigenvalue weighted by Crippen LogP contribution is -2.31. The van der Waals surface area contributed by atoms with E-state index in [1.54, 1.807) is 0 Å². The average Bonchev–Trinajstić information content (AvgIpc) is 2.26. The van der Waals surface area contributed by atoms with Gasteiger partial charge in [0.1, 0.15) is 0 Å². The molecule has 0 atom stereocenters. The topological polar surface area (TPSA) is 67.4 Å². The van der Waals surface area contributed by atoms with Crippen molar-refractivity contribution in [3.63, 3.8) is 0 Å². The van der Waals surface area contributed by atoms with E-state index in [9.17, 15) is 9.59 Å². The molecule has 0 fully saturated rings. The van der Waals surface area contributed by atoms with Gasteiger partial charge in [-0.05, 0) is 26.2 Å². The molecule has 0 rings (SSSR count). The summed E-state index contributed by atoms with van der Waals surface area (Å²) >= 11 is 0. The van der Waals surface area contributed by atoms with E-state index in [4.69, 9.17) is 4.74 Å². The highest BCUT2D eigenvalue weighted by molar-refractivity contribution is 5.76. The molecular weight excluding hydrogens is 244 g/mol. The second-order valence-corrected chi connectivity index (χ2v) is 5.37. The van der Waals surface area contributed by atoms with E-state index in [0.29, 0.717) is 38.5 Å². The van der Waals surface area contributed by atoms with Crippen LogP contribution < -0.4 is 10.6 Å². The van der Waals surface area contributed by atoms with Crippen molar-refractivity contribution in [3.05, 3.63) is 0 Å². The Balaban J connectivity index is 3.38. The molecule has 0 bridgehead atoms. The second kappa shape index (κ2) is 10.8. The number of carbonyl (C=O) groups is 2. The van der Waals surface area contributed by atoms with Gasteiger partial charge in [-0.25, -0.2) is 0 Å². The Morgan fingerprint density at radius 2 is 1.58 bits per heavy atom. The number of carbonyl (C=O) groups excluding carboxylic acids is 2. The van der Waals surface area contributed by atoms with Gasteiger partial charge in [0.2, 0.25) is 11.8 Å². The average molecular weight is 272 g/mol. The summed E-state index contributed by atoms with van der Waals surface area (Å²) in [6.07, 6.45) is 1.68. The maximum absolute atomic E-state index is 11.4. The van der Waals surface area contributed by atoms with Gasteiger partial charge < -0.3 is 15.4 Å². The monoisotopic (exact) mass is 272 g/mol. The van der Waals surface area contributed by atoms with Crippen LogP contribution in [0.5, 0.6) is 0 Å². The molecule has 0 spiro atoms. The van der Waals surface area contributed by atoms with Crippen LogP contribution in [0.3, 0.4) is 0 Å². The van der Waals surface area contributed by atoms with Gasteiger partial charge in [0, 0.05) is 25.4 Å². The fourth-order valence-electron chi connectivity index (χ4n) is 1.41. The first-order valence-electron chi connectivity index (χ1n) is 7.05. The Kier molecular flexibility index (Phi) is 10.2. The summed E-state index contributed by atoms with van der Waals surface area (Å²) in [4.78, 5) is 22.7. The van der Waals surface area contributed by atoms with Gasteiger partial charge in [-0.15, -0.1) is 0 Å². The van der Waals surface area contributed by atoms with Crippen molar-refractivity contribution in [2.24, 2.45) is 5.92 Å². The third kappa shape index (κ3) is 13.1. The normalized spacial score (nSPS) is 10.8. The van der Waals surface area contributed by atoms with Crippen LogP contribution in [0.2, 0.25) is 0 Å². The van der Waals surface area contributed by atoms with Gasteiger partial charge in [0.05, 0.1) is 13.2 Å². The lowest BCUT2D eigenvalue weighted by Gasteiger charge is -2.09. The second-order valence-electron chi connectivity index (χ2n) is 5.37. The summed E-state index contributed by atoms with van der Waals surface area (Å²) in [6, 6.07) is 0.152. The zero-order chi connectivity index (χ0) is 14.7. The van der Waals surface area contributed by atoms with E-state index in [1.807, 2.05) is 13.8 Å². The Bertz CT molecular complexity index is 265. The molecule has 0 aliphatic heterocycles. The van der Waals surface area contributed by atoms with E-state index in [2.05, 4.69) is 24.5 Å². The molecule has 0 heterocycles. The van der Waals surface area contributed by atoms with Gasteiger partial charge in [0.15, 0.2) is 0 Å². The molecule has 5 heteroatoms. The van der Waals surface area contributed by atoms with E-state index in [1.165, 1.54) is 0 Å². The highest BCUT2D eigenvalue weighted by Gasteiger charge is 2.04. The minimum atomic E-state index is -0.0172. The molecule has 2 N–H and O–H groups in total. The molecule has 5 nitrogen and oxygen atoms in total. The summed E-state index contributed by atoms with van der Waals surface area (Å²) in [5.41, 5.74) is 0. The minimum absolute atomic E-state index is 0.00674. The largest absolute Gasteiger partial charge is 0.380 e. The molecule has 0 saturated heterocycles. The lowest BCUT2D eigenvalue weighted by atomic mass is 10.1. The van der Waals surface area contributed by atoms with Crippen LogP contribution in [0.15, 0.2) is 0 Å². The van der Waals surface area contributed by atoms with Crippen LogP contribution in [0, 0.1) is 5.92 Å². The van der Waals surface area contributed by atoms with E-state index < -0.39 is 0 Å². The van der Waals surface area contributed by atoms with Crippen molar-refractivity contribution in [3.8, 4) is 0 Å². The standard InChI is InChI=1S/C14H28N2O3/c1-11(2)5-8-15-13(17)6-9-19-10-7-14(18)16-12(3)4/h11-12H,5-10H2,1-4H3,(H,15,17)(H,16,18). The van der Waals surface area contributed by atoms with Crippen LogP contribution >= 0.6 is 0 Å². The fraction of sp³-hybridized carbons (Fsp3) is 0.857. The van der Waals surface area contributed by atoms with Crippen molar-refractivity contribution in [2.45, 2.75) is 53.0 Å². The van der Waals surface area contributed by atoms with Crippen LogP contribution in [0.25, 0.3) is 0 Å². The van der Waals surface area contributed by atoms with Crippen molar-refractivity contribution < 1.29 is 14.3 Å². The summed E-state index contributed by atoms with van der Waals surface area (Å²) in [7, 11) is 0. The number of rotatable bonds is 10. The predicted molar refractivity (Wildman–Crippen MR) is 75.8 cm³/mol. The first-order valence-corrected chi connectivity index (χ1v) is 7.05. The SMILES string of the molecule is CC(C)CCNC(=O)CCOCCC(=O)NC(C)C. The number of hydrogen-bond donors (Lipinski definition) is 2. The lowest BCUT2D eigenvalue weighted by molar-refractivity contribution is -0.123. The Morgan fingerprint density at radius 3 is 2.11 bits per heavy atom. The van der Waals surface area contributed by atoms with E-state index in [-0.39, 0.29) is 17.9 Å². The fourth-order valence-corrected chi connectivity index (χ4v) is 1.41. The maximum Gasteiger partial charge on any atom is 0.222 e. The zero-order valence-electron chi connectivity index (χ0n) is 12.6. The smallest absolute Gasteiger partial charge is 0.222 e. The van der Waals surface area contributed by atoms with E-state index in [0.717, 1.165) is 6.42 Å². The predicted octanol–water partition coefficient (Wildman–Crippen LogP) is 1.47. The van der Waals surface area contributed by atoms with Crippen molar-refractivity contribution in [1.29, 1.82) is 0 Å². The molecule has 0 aliphatic carbocycles. The molecule has 0 saturated carbocycles. The Morgan fingerprint density at radius 1 is 1.00 bits per heavy atom. The van der Waals surface area contributed by atoms with Crippen LogP contribution in [-0.2, 0) is 14.3 Å². The Hall–Kier alpha value is -1.10. The first-order chi connectivity index (χ1) is 8.91. The maximum atomic E-state index is 11.4. The number of amides is 2. The molecule has 112 valence electrons. The highest BCUT2D eigenvalue weighted by atomic mass is 16.5. The highest BCUT2D eigenvalue weighted by Crippen LogP contribution is 1.96. The van der Waals surface area contributed by atoms with Crippen molar-refractivity contribution in [2.75, 3.05) is 19.8 Å². The molecule has 0 aromatic rings. The summed E-state index contributed by atoms with van der Waals surface area (Å²) < 4.78 is 5.26. The third-order valence-corrected chi connectivity index (χ3v) is 2.44. The Labute approximate surface area is 116 Å². The molecule has 0 aliphatic rings. The van der Waals surface area contributed by atoms with Crippen molar-refractivity contribution in [1.82, 2.24) is 10.6 Å². The van der Waals surface area contributed by atoms with Gasteiger partial charge in [0.25, 0.3) is 0 Å². The van der Waals surface area contributed by atoms with Crippen LogP contribution in [0.1, 0.15) is 47.0 Å². The number of nitrogens with one attached hydrogen (secondary N) is 2. The summed E-state index contributed by atoms with van der Waals surface area (Å²) in [5, 5.41) is 5.62. The molecule has 0 aromatic carbocycles. The molecular formula is C14H28N2O3.